The monoisotopic (exact) mass is 253 g/mol. The van der Waals surface area contributed by atoms with E-state index < -0.39 is 0 Å². The Bertz CT molecular complexity index is 690. The van der Waals surface area contributed by atoms with Crippen LogP contribution in [0, 0.1) is 0 Å². The maximum Gasteiger partial charge on any atom is 0.138 e. The highest BCUT2D eigenvalue weighted by Crippen LogP contribution is 2.15. The van der Waals surface area contributed by atoms with Crippen LogP contribution in [0.25, 0.3) is 5.65 Å². The SMILES string of the molecule is COc1cccc(CNc2cccc3nccn23)c1. The molecule has 0 spiro atoms. The zero-order valence-corrected chi connectivity index (χ0v) is 10.7. The van der Waals surface area contributed by atoms with Gasteiger partial charge in [0.05, 0.1) is 7.11 Å². The van der Waals surface area contributed by atoms with Crippen LogP contribution in [-0.2, 0) is 6.54 Å². The molecule has 0 aliphatic heterocycles. The van der Waals surface area contributed by atoms with Gasteiger partial charge in [-0.1, -0.05) is 18.2 Å². The van der Waals surface area contributed by atoms with E-state index in [1.165, 1.54) is 5.56 Å². The van der Waals surface area contributed by atoms with Gasteiger partial charge in [0.25, 0.3) is 0 Å². The summed E-state index contributed by atoms with van der Waals surface area (Å²) in [6, 6.07) is 14.1. The molecule has 2 heterocycles. The number of rotatable bonds is 4. The Labute approximate surface area is 111 Å². The Morgan fingerprint density at radius 3 is 3.00 bits per heavy atom. The Morgan fingerprint density at radius 1 is 1.21 bits per heavy atom. The first-order chi connectivity index (χ1) is 9.36. The van der Waals surface area contributed by atoms with Gasteiger partial charge < -0.3 is 10.1 Å². The molecule has 0 bridgehead atoms. The van der Waals surface area contributed by atoms with Crippen molar-refractivity contribution >= 4 is 11.5 Å². The van der Waals surface area contributed by atoms with Crippen LogP contribution >= 0.6 is 0 Å². The minimum atomic E-state index is 0.745. The average molecular weight is 253 g/mol. The van der Waals surface area contributed by atoms with E-state index in [9.17, 15) is 0 Å². The first-order valence-electron chi connectivity index (χ1n) is 6.16. The number of aromatic nitrogens is 2. The number of methoxy groups -OCH3 is 1. The third-order valence-electron chi connectivity index (χ3n) is 3.04. The first kappa shape index (κ1) is 11.6. The Hall–Kier alpha value is -2.49. The van der Waals surface area contributed by atoms with Gasteiger partial charge in [0.2, 0.25) is 0 Å². The van der Waals surface area contributed by atoms with Crippen molar-refractivity contribution in [1.82, 2.24) is 9.38 Å². The summed E-state index contributed by atoms with van der Waals surface area (Å²) in [6.45, 7) is 0.745. The van der Waals surface area contributed by atoms with Crippen molar-refractivity contribution in [2.45, 2.75) is 6.54 Å². The van der Waals surface area contributed by atoms with E-state index >= 15 is 0 Å². The van der Waals surface area contributed by atoms with Crippen molar-refractivity contribution in [3.8, 4) is 5.75 Å². The van der Waals surface area contributed by atoms with E-state index in [4.69, 9.17) is 4.74 Å². The summed E-state index contributed by atoms with van der Waals surface area (Å²) < 4.78 is 7.25. The van der Waals surface area contributed by atoms with Crippen molar-refractivity contribution < 1.29 is 4.74 Å². The largest absolute Gasteiger partial charge is 0.497 e. The van der Waals surface area contributed by atoms with Crippen LogP contribution in [0.15, 0.2) is 54.9 Å². The van der Waals surface area contributed by atoms with Gasteiger partial charge in [-0.3, -0.25) is 4.40 Å². The highest BCUT2D eigenvalue weighted by molar-refractivity contribution is 5.50. The lowest BCUT2D eigenvalue weighted by atomic mass is 10.2. The van der Waals surface area contributed by atoms with Crippen molar-refractivity contribution in [3.05, 3.63) is 60.4 Å². The lowest BCUT2D eigenvalue weighted by molar-refractivity contribution is 0.414. The molecule has 0 aliphatic carbocycles. The zero-order chi connectivity index (χ0) is 13.1. The van der Waals surface area contributed by atoms with Crippen molar-refractivity contribution in [3.63, 3.8) is 0 Å². The van der Waals surface area contributed by atoms with E-state index in [1.807, 2.05) is 47.0 Å². The van der Waals surface area contributed by atoms with E-state index in [-0.39, 0.29) is 0 Å². The molecule has 96 valence electrons. The van der Waals surface area contributed by atoms with Gasteiger partial charge >= 0.3 is 0 Å². The molecule has 0 radical (unpaired) electrons. The van der Waals surface area contributed by atoms with E-state index in [0.29, 0.717) is 0 Å². The molecule has 3 rings (SSSR count). The van der Waals surface area contributed by atoms with Gasteiger partial charge in [-0.15, -0.1) is 0 Å². The minimum Gasteiger partial charge on any atom is -0.497 e. The fourth-order valence-corrected chi connectivity index (χ4v) is 2.07. The summed E-state index contributed by atoms with van der Waals surface area (Å²) in [7, 11) is 1.68. The second-order valence-electron chi connectivity index (χ2n) is 4.27. The maximum atomic E-state index is 5.22. The van der Waals surface area contributed by atoms with E-state index in [2.05, 4.69) is 16.4 Å². The Kier molecular flexibility index (Phi) is 3.06. The fraction of sp³-hybridized carbons (Fsp3) is 0.133. The molecule has 1 N–H and O–H groups in total. The van der Waals surface area contributed by atoms with Crippen molar-refractivity contribution in [2.75, 3.05) is 12.4 Å². The summed E-state index contributed by atoms with van der Waals surface area (Å²) in [5.41, 5.74) is 2.12. The molecule has 1 aromatic carbocycles. The highest BCUT2D eigenvalue weighted by atomic mass is 16.5. The van der Waals surface area contributed by atoms with Gasteiger partial charge in [0.15, 0.2) is 0 Å². The normalized spacial score (nSPS) is 10.6. The van der Waals surface area contributed by atoms with Gasteiger partial charge in [0, 0.05) is 18.9 Å². The molecule has 0 saturated heterocycles. The van der Waals surface area contributed by atoms with Gasteiger partial charge in [-0.2, -0.15) is 0 Å². The molecule has 3 aromatic rings. The molecule has 0 atom stereocenters. The maximum absolute atomic E-state index is 5.22. The summed E-state index contributed by atoms with van der Waals surface area (Å²) in [5, 5.41) is 3.41. The summed E-state index contributed by atoms with van der Waals surface area (Å²) in [6.07, 6.45) is 3.75. The lowest BCUT2D eigenvalue weighted by Gasteiger charge is -2.09. The van der Waals surface area contributed by atoms with Gasteiger partial charge in [0.1, 0.15) is 17.2 Å². The number of hydrogen-bond donors (Lipinski definition) is 1. The summed E-state index contributed by atoms with van der Waals surface area (Å²) in [5.74, 6) is 1.90. The number of nitrogens with one attached hydrogen (secondary N) is 1. The second-order valence-corrected chi connectivity index (χ2v) is 4.27. The van der Waals surface area contributed by atoms with Crippen LogP contribution in [0.3, 0.4) is 0 Å². The number of nitrogens with zero attached hydrogens (tertiary/aromatic N) is 2. The average Bonchev–Trinajstić information content (AvgIpc) is 2.94. The molecule has 0 fully saturated rings. The van der Waals surface area contributed by atoms with E-state index in [1.54, 1.807) is 13.3 Å². The smallest absolute Gasteiger partial charge is 0.138 e. The summed E-state index contributed by atoms with van der Waals surface area (Å²) in [4.78, 5) is 4.26. The van der Waals surface area contributed by atoms with Crippen LogP contribution in [0.4, 0.5) is 5.82 Å². The molecule has 0 unspecified atom stereocenters. The Balaban J connectivity index is 1.80. The number of benzene rings is 1. The predicted octanol–water partition coefficient (Wildman–Crippen LogP) is 2.96. The molecule has 19 heavy (non-hydrogen) atoms. The third kappa shape index (κ3) is 2.38. The predicted molar refractivity (Wildman–Crippen MR) is 75.5 cm³/mol. The number of fused-ring (bicyclic) bond motifs is 1. The topological polar surface area (TPSA) is 38.6 Å². The first-order valence-corrected chi connectivity index (χ1v) is 6.16. The second kappa shape index (κ2) is 5.02. The zero-order valence-electron chi connectivity index (χ0n) is 10.7. The van der Waals surface area contributed by atoms with Crippen molar-refractivity contribution in [1.29, 1.82) is 0 Å². The number of imidazole rings is 1. The fourth-order valence-electron chi connectivity index (χ4n) is 2.07. The summed E-state index contributed by atoms with van der Waals surface area (Å²) >= 11 is 0. The molecule has 0 amide bonds. The van der Waals surface area contributed by atoms with E-state index in [0.717, 1.165) is 23.8 Å². The number of anilines is 1. The number of ether oxygens (including phenoxy) is 1. The molecule has 4 nitrogen and oxygen atoms in total. The molecule has 4 heteroatoms. The van der Waals surface area contributed by atoms with Crippen LogP contribution in [-0.4, -0.2) is 16.5 Å². The molecule has 0 saturated carbocycles. The molecular formula is C15H15N3O. The van der Waals surface area contributed by atoms with Gasteiger partial charge in [-0.05, 0) is 29.8 Å². The van der Waals surface area contributed by atoms with Gasteiger partial charge in [-0.25, -0.2) is 4.98 Å². The minimum absolute atomic E-state index is 0.745. The number of pyridine rings is 1. The van der Waals surface area contributed by atoms with Crippen LogP contribution < -0.4 is 10.1 Å². The molecule has 0 aliphatic rings. The molecular weight excluding hydrogens is 238 g/mol. The lowest BCUT2D eigenvalue weighted by Crippen LogP contribution is -2.03. The van der Waals surface area contributed by atoms with Crippen LogP contribution in [0.2, 0.25) is 0 Å². The van der Waals surface area contributed by atoms with Crippen LogP contribution in [0.1, 0.15) is 5.56 Å². The number of hydrogen-bond acceptors (Lipinski definition) is 3. The highest BCUT2D eigenvalue weighted by Gasteiger charge is 2.00. The van der Waals surface area contributed by atoms with Crippen LogP contribution in [0.5, 0.6) is 5.75 Å². The quantitative estimate of drug-likeness (QED) is 0.777. The Morgan fingerprint density at radius 2 is 2.11 bits per heavy atom. The van der Waals surface area contributed by atoms with Crippen molar-refractivity contribution in [2.24, 2.45) is 0 Å². The standard InChI is InChI=1S/C15H15N3O/c1-19-13-5-2-4-12(10-13)11-17-15-7-3-6-14-16-8-9-18(14)15/h2-10,17H,11H2,1H3. The third-order valence-corrected chi connectivity index (χ3v) is 3.04. The molecule has 2 aromatic heterocycles.